The van der Waals surface area contributed by atoms with Crippen LogP contribution in [0.4, 0.5) is 11.4 Å². The number of tetrazole rings is 1. The topological polar surface area (TPSA) is 105 Å². The number of benzene rings is 1. The number of rotatable bonds is 3. The maximum Gasteiger partial charge on any atom is 0.184 e. The van der Waals surface area contributed by atoms with Crippen LogP contribution in [0.5, 0.6) is 0 Å². The smallest absolute Gasteiger partial charge is 0.184 e. The van der Waals surface area contributed by atoms with Gasteiger partial charge in [0.15, 0.2) is 5.82 Å². The van der Waals surface area contributed by atoms with Gasteiger partial charge in [-0.1, -0.05) is 0 Å². The van der Waals surface area contributed by atoms with E-state index < -0.39 is 0 Å². The molecule has 0 amide bonds. The molecule has 2 unspecified atom stereocenters. The zero-order valence-corrected chi connectivity index (χ0v) is 11.4. The van der Waals surface area contributed by atoms with Gasteiger partial charge in [0.2, 0.25) is 0 Å². The highest BCUT2D eigenvalue weighted by Gasteiger charge is 2.26. The number of nitrogen functional groups attached to an aromatic ring is 2. The van der Waals surface area contributed by atoms with E-state index in [-0.39, 0.29) is 6.10 Å². The third-order valence-electron chi connectivity index (χ3n) is 3.79. The number of aromatic nitrogens is 4. The van der Waals surface area contributed by atoms with Crippen molar-refractivity contribution >= 4 is 11.4 Å². The highest BCUT2D eigenvalue weighted by molar-refractivity contribution is 5.74. The van der Waals surface area contributed by atoms with Crippen LogP contribution in [-0.4, -0.2) is 32.9 Å². The van der Waals surface area contributed by atoms with E-state index in [0.29, 0.717) is 23.1 Å². The molecule has 1 aliphatic heterocycles. The van der Waals surface area contributed by atoms with E-state index >= 15 is 0 Å². The molecule has 2 aromatic rings. The van der Waals surface area contributed by atoms with Gasteiger partial charge < -0.3 is 16.2 Å². The molecule has 1 aliphatic rings. The van der Waals surface area contributed by atoms with Crippen molar-refractivity contribution in [3.05, 3.63) is 18.2 Å². The molecule has 3 rings (SSSR count). The minimum atomic E-state index is 0.232. The number of hydrogen-bond donors (Lipinski definition) is 2. The molecule has 7 heteroatoms. The van der Waals surface area contributed by atoms with Crippen molar-refractivity contribution in [2.45, 2.75) is 26.0 Å². The number of anilines is 2. The lowest BCUT2D eigenvalue weighted by Gasteiger charge is -2.14. The molecule has 2 atom stereocenters. The lowest BCUT2D eigenvalue weighted by Crippen LogP contribution is -2.19. The summed E-state index contributed by atoms with van der Waals surface area (Å²) in [5, 5.41) is 11.9. The zero-order valence-electron chi connectivity index (χ0n) is 11.4. The minimum absolute atomic E-state index is 0.232. The van der Waals surface area contributed by atoms with Gasteiger partial charge in [0.1, 0.15) is 0 Å². The summed E-state index contributed by atoms with van der Waals surface area (Å²) < 4.78 is 7.37. The van der Waals surface area contributed by atoms with Crippen molar-refractivity contribution in [2.75, 3.05) is 18.1 Å². The molecule has 4 N–H and O–H groups in total. The van der Waals surface area contributed by atoms with Gasteiger partial charge in [-0.05, 0) is 42.0 Å². The third kappa shape index (κ3) is 2.32. The molecular weight excluding hydrogens is 256 g/mol. The third-order valence-corrected chi connectivity index (χ3v) is 3.79. The van der Waals surface area contributed by atoms with Crippen LogP contribution in [0, 0.1) is 5.92 Å². The Morgan fingerprint density at radius 3 is 2.95 bits per heavy atom. The fourth-order valence-electron chi connectivity index (χ4n) is 2.54. The first kappa shape index (κ1) is 12.9. The summed E-state index contributed by atoms with van der Waals surface area (Å²) in [6.07, 6.45) is 1.26. The van der Waals surface area contributed by atoms with Crippen molar-refractivity contribution in [1.82, 2.24) is 20.2 Å². The van der Waals surface area contributed by atoms with Gasteiger partial charge in [-0.2, -0.15) is 0 Å². The molecule has 106 valence electrons. The summed E-state index contributed by atoms with van der Waals surface area (Å²) in [4.78, 5) is 0. The van der Waals surface area contributed by atoms with Crippen LogP contribution >= 0.6 is 0 Å². The molecule has 20 heavy (non-hydrogen) atoms. The highest BCUT2D eigenvalue weighted by atomic mass is 16.5. The number of hydrogen-bond acceptors (Lipinski definition) is 6. The average Bonchev–Trinajstić information content (AvgIpc) is 3.01. The summed E-state index contributed by atoms with van der Waals surface area (Å²) in [5.74, 6) is 1.09. The van der Waals surface area contributed by atoms with E-state index in [1.54, 1.807) is 16.8 Å². The zero-order chi connectivity index (χ0) is 14.1. The highest BCUT2D eigenvalue weighted by Crippen LogP contribution is 2.28. The Hall–Kier alpha value is -2.15. The fourth-order valence-corrected chi connectivity index (χ4v) is 2.54. The molecule has 0 bridgehead atoms. The van der Waals surface area contributed by atoms with Gasteiger partial charge in [0.05, 0.1) is 12.6 Å². The Labute approximate surface area is 116 Å². The van der Waals surface area contributed by atoms with Gasteiger partial charge >= 0.3 is 0 Å². The number of ether oxygens (including phenoxy) is 1. The Bertz CT molecular complexity index is 611. The second kappa shape index (κ2) is 5.09. The van der Waals surface area contributed by atoms with Crippen LogP contribution in [-0.2, 0) is 11.3 Å². The monoisotopic (exact) mass is 274 g/mol. The Balaban J connectivity index is 1.89. The van der Waals surface area contributed by atoms with Crippen LogP contribution in [0.25, 0.3) is 11.4 Å². The van der Waals surface area contributed by atoms with Crippen LogP contribution in [0.2, 0.25) is 0 Å². The predicted molar refractivity (Wildman–Crippen MR) is 75.6 cm³/mol. The summed E-state index contributed by atoms with van der Waals surface area (Å²) in [6, 6.07) is 5.36. The number of nitrogens with zero attached hydrogens (tertiary/aromatic N) is 4. The first-order valence-electron chi connectivity index (χ1n) is 6.68. The van der Waals surface area contributed by atoms with Crippen LogP contribution in [0.3, 0.4) is 0 Å². The van der Waals surface area contributed by atoms with Crippen molar-refractivity contribution in [3.63, 3.8) is 0 Å². The Morgan fingerprint density at radius 2 is 2.25 bits per heavy atom. The van der Waals surface area contributed by atoms with Crippen molar-refractivity contribution < 1.29 is 4.74 Å². The Kier molecular flexibility index (Phi) is 3.27. The van der Waals surface area contributed by atoms with Gasteiger partial charge in [-0.15, -0.1) is 5.10 Å². The quantitative estimate of drug-likeness (QED) is 0.807. The summed E-state index contributed by atoms with van der Waals surface area (Å²) in [5.41, 5.74) is 13.7. The van der Waals surface area contributed by atoms with Gasteiger partial charge in [-0.25, -0.2) is 4.68 Å². The van der Waals surface area contributed by atoms with Crippen molar-refractivity contribution in [1.29, 1.82) is 0 Å². The van der Waals surface area contributed by atoms with Crippen LogP contribution < -0.4 is 11.5 Å². The van der Waals surface area contributed by atoms with E-state index in [1.165, 1.54) is 0 Å². The second-order valence-electron chi connectivity index (χ2n) is 5.16. The van der Waals surface area contributed by atoms with E-state index in [0.717, 1.165) is 25.1 Å². The molecule has 0 spiro atoms. The SMILES string of the molecule is CC1OCCC1Cn1nnnc1-c1ccc(N)cc1N. The largest absolute Gasteiger partial charge is 0.399 e. The first-order valence-corrected chi connectivity index (χ1v) is 6.68. The van der Waals surface area contributed by atoms with E-state index in [1.807, 2.05) is 6.07 Å². The Morgan fingerprint density at radius 1 is 1.40 bits per heavy atom. The molecule has 2 heterocycles. The molecule has 1 saturated heterocycles. The molecule has 1 aromatic carbocycles. The molecule has 1 fully saturated rings. The van der Waals surface area contributed by atoms with E-state index in [2.05, 4.69) is 22.4 Å². The van der Waals surface area contributed by atoms with Crippen LogP contribution in [0.15, 0.2) is 18.2 Å². The summed E-state index contributed by atoms with van der Waals surface area (Å²) in [7, 11) is 0. The fraction of sp³-hybridized carbons (Fsp3) is 0.462. The molecule has 0 aliphatic carbocycles. The molecular formula is C13H18N6O. The molecule has 1 aromatic heterocycles. The van der Waals surface area contributed by atoms with Gasteiger partial charge in [0.25, 0.3) is 0 Å². The van der Waals surface area contributed by atoms with Crippen LogP contribution in [0.1, 0.15) is 13.3 Å². The average molecular weight is 274 g/mol. The van der Waals surface area contributed by atoms with E-state index in [4.69, 9.17) is 16.2 Å². The molecule has 0 radical (unpaired) electrons. The molecule has 0 saturated carbocycles. The van der Waals surface area contributed by atoms with Gasteiger partial charge in [-0.3, -0.25) is 0 Å². The predicted octanol–water partition coefficient (Wildman–Crippen LogP) is 0.929. The normalized spacial score (nSPS) is 22.2. The lowest BCUT2D eigenvalue weighted by molar-refractivity contribution is 0.101. The van der Waals surface area contributed by atoms with Crippen molar-refractivity contribution in [2.24, 2.45) is 5.92 Å². The standard InChI is InChI=1S/C13H18N6O/c1-8-9(4-5-20-8)7-19-13(16-17-18-19)11-3-2-10(14)6-12(11)15/h2-3,6,8-9H,4-5,7,14-15H2,1H3. The minimum Gasteiger partial charge on any atom is -0.399 e. The second-order valence-corrected chi connectivity index (χ2v) is 5.16. The summed E-state index contributed by atoms with van der Waals surface area (Å²) >= 11 is 0. The number of nitrogens with two attached hydrogens (primary N) is 2. The van der Waals surface area contributed by atoms with Crippen molar-refractivity contribution in [3.8, 4) is 11.4 Å². The lowest BCUT2D eigenvalue weighted by atomic mass is 10.0. The summed E-state index contributed by atoms with van der Waals surface area (Å²) in [6.45, 7) is 3.61. The van der Waals surface area contributed by atoms with E-state index in [9.17, 15) is 0 Å². The maximum absolute atomic E-state index is 6.00. The molecule has 7 nitrogen and oxygen atoms in total. The van der Waals surface area contributed by atoms with Gasteiger partial charge in [0, 0.05) is 29.5 Å². The maximum atomic E-state index is 6.00. The first-order chi connectivity index (χ1) is 9.65.